The van der Waals surface area contributed by atoms with E-state index in [0.29, 0.717) is 16.7 Å². The van der Waals surface area contributed by atoms with Gasteiger partial charge in [0.05, 0.1) is 11.0 Å². The molecule has 32 heavy (non-hydrogen) atoms. The lowest BCUT2D eigenvalue weighted by Gasteiger charge is -2.35. The first-order chi connectivity index (χ1) is 15.4. The zero-order chi connectivity index (χ0) is 22.6. The summed E-state index contributed by atoms with van der Waals surface area (Å²) in [6, 6.07) is 24.2. The van der Waals surface area contributed by atoms with Gasteiger partial charge in [-0.3, -0.25) is 0 Å². The Morgan fingerprint density at radius 2 is 1.28 bits per heavy atom. The maximum atomic E-state index is 12.4. The van der Waals surface area contributed by atoms with Crippen LogP contribution in [0, 0.1) is 13.8 Å². The van der Waals surface area contributed by atoms with Gasteiger partial charge in [0.2, 0.25) is 0 Å². The fraction of sp³-hybridized carbons (Fsp3) is 0.107. The van der Waals surface area contributed by atoms with Gasteiger partial charge in [0.1, 0.15) is 11.5 Å². The maximum absolute atomic E-state index is 12.4. The van der Waals surface area contributed by atoms with Gasteiger partial charge in [-0.05, 0) is 76.6 Å². The second kappa shape index (κ2) is 6.99. The van der Waals surface area contributed by atoms with E-state index in [1.165, 1.54) is 0 Å². The van der Waals surface area contributed by atoms with Gasteiger partial charge in [-0.15, -0.1) is 0 Å². The van der Waals surface area contributed by atoms with Crippen LogP contribution in [0.4, 0.5) is 0 Å². The molecule has 1 aliphatic carbocycles. The van der Waals surface area contributed by atoms with Gasteiger partial charge < -0.3 is 15.3 Å². The van der Waals surface area contributed by atoms with E-state index in [-0.39, 0.29) is 17.1 Å². The van der Waals surface area contributed by atoms with E-state index < -0.39 is 11.4 Å². The molecule has 3 N–H and O–H groups in total. The molecule has 0 fully saturated rings. The van der Waals surface area contributed by atoms with E-state index in [9.17, 15) is 20.1 Å². The molecule has 5 rings (SSSR count). The third-order valence-electron chi connectivity index (χ3n) is 6.55. The minimum Gasteiger partial charge on any atom is -0.508 e. The molecule has 158 valence electrons. The SMILES string of the molecule is Cc1cc(C2(c3ccc(O)c(C)c3)c3ccccc3-c3cccc(C(=O)O)c32)ccc1O. The van der Waals surface area contributed by atoms with Crippen LogP contribution in [-0.2, 0) is 5.41 Å². The van der Waals surface area contributed by atoms with E-state index in [0.717, 1.165) is 27.8 Å². The molecule has 4 aromatic rings. The summed E-state index contributed by atoms with van der Waals surface area (Å²) >= 11 is 0. The highest BCUT2D eigenvalue weighted by molar-refractivity contribution is 5.98. The van der Waals surface area contributed by atoms with Crippen molar-refractivity contribution < 1.29 is 20.1 Å². The molecular weight excluding hydrogens is 400 g/mol. The lowest BCUT2D eigenvalue weighted by Crippen LogP contribution is -2.30. The molecule has 0 heterocycles. The second-order valence-electron chi connectivity index (χ2n) is 8.33. The number of benzene rings is 4. The third kappa shape index (κ3) is 2.59. The molecule has 0 atom stereocenters. The molecule has 4 heteroatoms. The molecule has 4 nitrogen and oxygen atoms in total. The fourth-order valence-corrected chi connectivity index (χ4v) is 5.08. The van der Waals surface area contributed by atoms with Crippen molar-refractivity contribution in [1.29, 1.82) is 0 Å². The summed E-state index contributed by atoms with van der Waals surface area (Å²) in [6.45, 7) is 3.67. The molecule has 0 spiro atoms. The van der Waals surface area contributed by atoms with Gasteiger partial charge in [0.25, 0.3) is 0 Å². The summed E-state index contributed by atoms with van der Waals surface area (Å²) in [5.74, 6) is -0.627. The Balaban J connectivity index is 2.03. The number of carboxylic acid groups (broad SMARTS) is 1. The number of carboxylic acids is 1. The van der Waals surface area contributed by atoms with Crippen LogP contribution in [-0.4, -0.2) is 21.3 Å². The number of phenols is 2. The Morgan fingerprint density at radius 1 is 0.719 bits per heavy atom. The van der Waals surface area contributed by atoms with Gasteiger partial charge in [-0.25, -0.2) is 4.79 Å². The number of aromatic hydroxyl groups is 2. The Morgan fingerprint density at radius 3 is 1.84 bits per heavy atom. The maximum Gasteiger partial charge on any atom is 0.336 e. The molecule has 1 aliphatic rings. The van der Waals surface area contributed by atoms with E-state index >= 15 is 0 Å². The number of rotatable bonds is 3. The predicted molar refractivity (Wildman–Crippen MR) is 124 cm³/mol. The molecule has 0 radical (unpaired) electrons. The van der Waals surface area contributed by atoms with Crippen molar-refractivity contribution in [2.24, 2.45) is 0 Å². The highest BCUT2D eigenvalue weighted by atomic mass is 16.4. The topological polar surface area (TPSA) is 77.8 Å². The van der Waals surface area contributed by atoms with Gasteiger partial charge >= 0.3 is 5.97 Å². The molecule has 0 saturated carbocycles. The minimum absolute atomic E-state index is 0.184. The molecule has 0 unspecified atom stereocenters. The first-order valence-corrected chi connectivity index (χ1v) is 10.4. The van der Waals surface area contributed by atoms with Crippen LogP contribution in [0.15, 0.2) is 78.9 Å². The van der Waals surface area contributed by atoms with Crippen molar-refractivity contribution in [3.63, 3.8) is 0 Å². The van der Waals surface area contributed by atoms with E-state index in [4.69, 9.17) is 0 Å². The summed E-state index contributed by atoms with van der Waals surface area (Å²) in [5.41, 5.74) is 5.96. The van der Waals surface area contributed by atoms with Crippen molar-refractivity contribution in [2.45, 2.75) is 19.3 Å². The van der Waals surface area contributed by atoms with E-state index in [1.807, 2.05) is 68.4 Å². The molecule has 0 saturated heterocycles. The third-order valence-corrected chi connectivity index (χ3v) is 6.55. The quantitative estimate of drug-likeness (QED) is 0.345. The number of phenolic OH excluding ortho intramolecular Hbond substituents is 2. The zero-order valence-electron chi connectivity index (χ0n) is 17.8. The van der Waals surface area contributed by atoms with Crippen molar-refractivity contribution in [1.82, 2.24) is 0 Å². The van der Waals surface area contributed by atoms with Gasteiger partial charge in [-0.1, -0.05) is 60.7 Å². The Bertz CT molecular complexity index is 1350. The lowest BCUT2D eigenvalue weighted by molar-refractivity contribution is 0.0695. The Labute approximate surface area is 186 Å². The largest absolute Gasteiger partial charge is 0.508 e. The molecule has 0 aromatic heterocycles. The lowest BCUT2D eigenvalue weighted by atomic mass is 9.66. The number of fused-ring (bicyclic) bond motifs is 3. The van der Waals surface area contributed by atoms with Crippen molar-refractivity contribution in [2.75, 3.05) is 0 Å². The molecular formula is C28H22O4. The summed E-state index contributed by atoms with van der Waals surface area (Å²) in [7, 11) is 0. The molecule has 0 amide bonds. The average molecular weight is 422 g/mol. The number of carbonyl (C=O) groups is 1. The summed E-state index contributed by atoms with van der Waals surface area (Å²) in [6.07, 6.45) is 0. The number of aromatic carboxylic acids is 1. The van der Waals surface area contributed by atoms with Crippen LogP contribution in [0.1, 0.15) is 43.7 Å². The van der Waals surface area contributed by atoms with Gasteiger partial charge in [-0.2, -0.15) is 0 Å². The fourth-order valence-electron chi connectivity index (χ4n) is 5.08. The van der Waals surface area contributed by atoms with Crippen LogP contribution >= 0.6 is 0 Å². The monoisotopic (exact) mass is 422 g/mol. The minimum atomic E-state index is -0.995. The van der Waals surface area contributed by atoms with Crippen molar-refractivity contribution >= 4 is 5.97 Å². The highest BCUT2D eigenvalue weighted by Gasteiger charge is 2.48. The predicted octanol–water partition coefficient (Wildman–Crippen LogP) is 5.78. The number of aryl methyl sites for hydroxylation is 2. The highest BCUT2D eigenvalue weighted by Crippen LogP contribution is 2.57. The van der Waals surface area contributed by atoms with Crippen LogP contribution in [0.25, 0.3) is 11.1 Å². The van der Waals surface area contributed by atoms with Gasteiger partial charge in [0.15, 0.2) is 0 Å². The first-order valence-electron chi connectivity index (χ1n) is 10.4. The van der Waals surface area contributed by atoms with Crippen LogP contribution < -0.4 is 0 Å². The first kappa shape index (κ1) is 19.9. The van der Waals surface area contributed by atoms with E-state index in [2.05, 4.69) is 0 Å². The standard InChI is InChI=1S/C28H22O4/c1-16-14-18(10-12-24(16)29)28(19-11-13-25(30)17(2)15-19)23-9-4-3-6-20(23)21-7-5-8-22(26(21)28)27(31)32/h3-15,29-30H,1-2H3,(H,31,32). The second-order valence-corrected chi connectivity index (χ2v) is 8.33. The molecule has 0 aliphatic heterocycles. The van der Waals surface area contributed by atoms with Gasteiger partial charge in [0, 0.05) is 0 Å². The van der Waals surface area contributed by atoms with Crippen molar-refractivity contribution in [3.8, 4) is 22.6 Å². The van der Waals surface area contributed by atoms with Crippen molar-refractivity contribution in [3.05, 3.63) is 118 Å². The number of hydrogen-bond acceptors (Lipinski definition) is 3. The summed E-state index contributed by atoms with van der Waals surface area (Å²) < 4.78 is 0. The Hall–Kier alpha value is -4.05. The van der Waals surface area contributed by atoms with E-state index in [1.54, 1.807) is 24.3 Å². The normalized spacial score (nSPS) is 13.4. The zero-order valence-corrected chi connectivity index (χ0v) is 17.8. The summed E-state index contributed by atoms with van der Waals surface area (Å²) in [4.78, 5) is 12.4. The molecule has 0 bridgehead atoms. The van der Waals surface area contributed by atoms with Crippen LogP contribution in [0.3, 0.4) is 0 Å². The molecule has 4 aromatic carbocycles. The van der Waals surface area contributed by atoms with Crippen LogP contribution in [0.2, 0.25) is 0 Å². The average Bonchev–Trinajstić information content (AvgIpc) is 3.09. The number of hydrogen-bond donors (Lipinski definition) is 3. The summed E-state index contributed by atoms with van der Waals surface area (Å²) in [5, 5.41) is 30.6. The van der Waals surface area contributed by atoms with Crippen LogP contribution in [0.5, 0.6) is 11.5 Å². The smallest absolute Gasteiger partial charge is 0.336 e. The Kier molecular flexibility index (Phi) is 4.34.